The average Bonchev–Trinajstić information content (AvgIpc) is 2.96. The van der Waals surface area contributed by atoms with Gasteiger partial charge in [-0.15, -0.1) is 0 Å². The van der Waals surface area contributed by atoms with Crippen LogP contribution in [0.25, 0.3) is 0 Å². The molecule has 84 valence electrons. The summed E-state index contributed by atoms with van der Waals surface area (Å²) in [6, 6.07) is 1.03. The van der Waals surface area contributed by atoms with Crippen LogP contribution in [0, 0.1) is 21.4 Å². The van der Waals surface area contributed by atoms with Gasteiger partial charge in [0.15, 0.2) is 0 Å². The van der Waals surface area contributed by atoms with Gasteiger partial charge in [-0.3, -0.25) is 19.8 Å². The zero-order valence-corrected chi connectivity index (χ0v) is 8.63. The molecule has 0 bridgehead atoms. The van der Waals surface area contributed by atoms with Gasteiger partial charge in [0.25, 0.3) is 0 Å². The minimum Gasteiger partial charge on any atom is -0.302 e. The average molecular weight is 224 g/mol. The van der Waals surface area contributed by atoms with E-state index < -0.39 is 27.9 Å². The van der Waals surface area contributed by atoms with Gasteiger partial charge in [-0.1, -0.05) is 0 Å². The molecule has 2 aliphatic rings. The third-order valence-corrected chi connectivity index (χ3v) is 3.37. The van der Waals surface area contributed by atoms with E-state index >= 15 is 0 Å². The number of amides is 3. The van der Waals surface area contributed by atoms with Gasteiger partial charge in [0.2, 0.25) is 5.54 Å². The Kier molecular flexibility index (Phi) is 1.61. The number of rotatable bonds is 1. The lowest BCUT2D eigenvalue weighted by atomic mass is 10.1. The molecule has 1 aliphatic heterocycles. The molecule has 2 rings (SSSR count). The van der Waals surface area contributed by atoms with Crippen molar-refractivity contribution >= 4 is 11.9 Å². The Bertz CT molecular complexity index is 469. The molecule has 1 saturated carbocycles. The number of fused-ring (bicyclic) bond motifs is 1. The van der Waals surface area contributed by atoms with Gasteiger partial charge in [-0.05, 0) is 0 Å². The van der Waals surface area contributed by atoms with Crippen LogP contribution in [0.2, 0.25) is 0 Å². The summed E-state index contributed by atoms with van der Waals surface area (Å²) in [5.74, 6) is -0.915. The van der Waals surface area contributed by atoms with Gasteiger partial charge >= 0.3 is 17.5 Å². The van der Waals surface area contributed by atoms with Crippen molar-refractivity contribution in [3.63, 3.8) is 0 Å². The first-order valence-electron chi connectivity index (χ1n) is 4.47. The van der Waals surface area contributed by atoms with Crippen molar-refractivity contribution in [3.8, 4) is 6.07 Å². The summed E-state index contributed by atoms with van der Waals surface area (Å²) < 4.78 is 0. The zero-order chi connectivity index (χ0) is 12.3. The van der Waals surface area contributed by atoms with Crippen molar-refractivity contribution in [3.05, 3.63) is 10.1 Å². The van der Waals surface area contributed by atoms with Gasteiger partial charge < -0.3 is 4.90 Å². The summed E-state index contributed by atoms with van der Waals surface area (Å²) in [6.07, 6.45) is -0.241. The van der Waals surface area contributed by atoms with Crippen LogP contribution in [0.4, 0.5) is 4.79 Å². The lowest BCUT2D eigenvalue weighted by Gasteiger charge is -2.33. The van der Waals surface area contributed by atoms with Crippen LogP contribution < -0.4 is 0 Å². The fourth-order valence-corrected chi connectivity index (χ4v) is 2.23. The highest BCUT2D eigenvalue weighted by atomic mass is 16.6. The number of nitro groups is 1. The SMILES string of the molecule is CN1C(=O)N(C)[C@]2(C#N)C[C@]2([N+](=O)[O-])C1=O. The Morgan fingerprint density at radius 3 is 2.50 bits per heavy atom. The highest BCUT2D eigenvalue weighted by Crippen LogP contribution is 2.57. The molecule has 0 aromatic carbocycles. The lowest BCUT2D eigenvalue weighted by Crippen LogP contribution is -2.63. The van der Waals surface area contributed by atoms with E-state index in [4.69, 9.17) is 5.26 Å². The first-order valence-corrected chi connectivity index (χ1v) is 4.47. The van der Waals surface area contributed by atoms with Crippen LogP contribution in [0.15, 0.2) is 0 Å². The summed E-state index contributed by atoms with van der Waals surface area (Å²) in [6.45, 7) is 0. The smallest absolute Gasteiger partial charge is 0.302 e. The second-order valence-electron chi connectivity index (χ2n) is 3.97. The van der Waals surface area contributed by atoms with E-state index in [0.29, 0.717) is 4.90 Å². The summed E-state index contributed by atoms with van der Waals surface area (Å²) in [5.41, 5.74) is -3.59. The Balaban J connectivity index is 2.59. The van der Waals surface area contributed by atoms with Crippen LogP contribution in [-0.4, -0.2) is 51.8 Å². The molecule has 1 heterocycles. The predicted molar refractivity (Wildman–Crippen MR) is 48.6 cm³/mol. The largest absolute Gasteiger partial charge is 0.339 e. The molecule has 1 aliphatic carbocycles. The van der Waals surface area contributed by atoms with Crippen LogP contribution in [0.5, 0.6) is 0 Å². The minimum atomic E-state index is -1.97. The molecular formula is C8H8N4O4. The van der Waals surface area contributed by atoms with E-state index in [9.17, 15) is 19.7 Å². The van der Waals surface area contributed by atoms with Crippen molar-refractivity contribution in [2.45, 2.75) is 17.5 Å². The molecule has 2 fully saturated rings. The molecule has 1 saturated heterocycles. The highest BCUT2D eigenvalue weighted by molar-refractivity contribution is 6.06. The number of nitriles is 1. The number of hydrogen-bond donors (Lipinski definition) is 0. The summed E-state index contributed by atoms with van der Waals surface area (Å²) in [7, 11) is 2.46. The number of hydrogen-bond acceptors (Lipinski definition) is 5. The Labute approximate surface area is 90.2 Å². The maximum absolute atomic E-state index is 11.7. The van der Waals surface area contributed by atoms with Gasteiger partial charge in [-0.2, -0.15) is 5.26 Å². The van der Waals surface area contributed by atoms with Gasteiger partial charge in [-0.25, -0.2) is 4.79 Å². The monoisotopic (exact) mass is 224 g/mol. The first kappa shape index (κ1) is 10.4. The number of carbonyl (C=O) groups is 2. The van der Waals surface area contributed by atoms with E-state index in [0.717, 1.165) is 4.90 Å². The molecule has 0 radical (unpaired) electrons. The highest BCUT2D eigenvalue weighted by Gasteiger charge is 2.90. The topological polar surface area (TPSA) is 108 Å². The van der Waals surface area contributed by atoms with Gasteiger partial charge in [0, 0.05) is 19.0 Å². The van der Waals surface area contributed by atoms with Crippen LogP contribution in [-0.2, 0) is 4.79 Å². The Morgan fingerprint density at radius 1 is 1.50 bits per heavy atom. The number of nitrogens with zero attached hydrogens (tertiary/aromatic N) is 4. The summed E-state index contributed by atoms with van der Waals surface area (Å²) in [4.78, 5) is 35.1. The molecule has 0 spiro atoms. The van der Waals surface area contributed by atoms with Crippen molar-refractivity contribution < 1.29 is 14.5 Å². The standard InChI is InChI=1S/C8H8N4O4/c1-10-5(13)8(12(15)16)3-7(8,4-9)11(2)6(10)14/h3H2,1-2H3/t7-,8-/m0/s1. The van der Waals surface area contributed by atoms with Crippen molar-refractivity contribution in [2.24, 2.45) is 0 Å². The molecule has 0 aromatic rings. The molecule has 0 unspecified atom stereocenters. The van der Waals surface area contributed by atoms with Crippen molar-refractivity contribution in [2.75, 3.05) is 14.1 Å². The quantitative estimate of drug-likeness (QED) is 0.427. The van der Waals surface area contributed by atoms with Crippen molar-refractivity contribution in [1.82, 2.24) is 9.80 Å². The third-order valence-electron chi connectivity index (χ3n) is 3.37. The molecule has 2 atom stereocenters. The molecule has 3 amide bonds. The van der Waals surface area contributed by atoms with E-state index in [2.05, 4.69) is 0 Å². The van der Waals surface area contributed by atoms with E-state index in [1.165, 1.54) is 14.1 Å². The molecular weight excluding hydrogens is 216 g/mol. The van der Waals surface area contributed by atoms with Crippen molar-refractivity contribution in [1.29, 1.82) is 5.26 Å². The number of likely N-dealkylation sites (N-methyl/N-ethyl adjacent to an activating group) is 2. The lowest BCUT2D eigenvalue weighted by molar-refractivity contribution is -0.529. The second-order valence-corrected chi connectivity index (χ2v) is 3.97. The molecule has 0 N–H and O–H groups in total. The Morgan fingerprint density at radius 2 is 2.06 bits per heavy atom. The summed E-state index contributed by atoms with van der Waals surface area (Å²) in [5, 5.41) is 19.9. The van der Waals surface area contributed by atoms with E-state index in [-0.39, 0.29) is 6.42 Å². The fourth-order valence-electron chi connectivity index (χ4n) is 2.23. The normalized spacial score (nSPS) is 36.8. The number of imide groups is 1. The van der Waals surface area contributed by atoms with Crippen LogP contribution in [0.1, 0.15) is 6.42 Å². The maximum atomic E-state index is 11.7. The van der Waals surface area contributed by atoms with E-state index in [1.54, 1.807) is 6.07 Å². The summed E-state index contributed by atoms with van der Waals surface area (Å²) >= 11 is 0. The van der Waals surface area contributed by atoms with Crippen LogP contribution >= 0.6 is 0 Å². The number of urea groups is 1. The third kappa shape index (κ3) is 0.722. The number of carbonyl (C=O) groups excluding carboxylic acids is 2. The fraction of sp³-hybridized carbons (Fsp3) is 0.625. The zero-order valence-electron chi connectivity index (χ0n) is 8.63. The molecule has 8 nitrogen and oxygen atoms in total. The maximum Gasteiger partial charge on any atom is 0.339 e. The minimum absolute atomic E-state index is 0.241. The second kappa shape index (κ2) is 2.49. The first-order chi connectivity index (χ1) is 7.35. The molecule has 16 heavy (non-hydrogen) atoms. The molecule has 0 aromatic heterocycles. The van der Waals surface area contributed by atoms with Gasteiger partial charge in [0.1, 0.15) is 0 Å². The van der Waals surface area contributed by atoms with Gasteiger partial charge in [0.05, 0.1) is 12.5 Å². The Hall–Kier alpha value is -2.17. The van der Waals surface area contributed by atoms with E-state index in [1.807, 2.05) is 0 Å². The molecule has 8 heteroatoms. The predicted octanol–water partition coefficient (Wildman–Crippen LogP) is -0.808. The van der Waals surface area contributed by atoms with Crippen LogP contribution in [0.3, 0.4) is 0 Å².